The number of fused-ring (bicyclic) bond motifs is 2. The van der Waals surface area contributed by atoms with E-state index in [1.165, 1.54) is 0 Å². The molecule has 0 aromatic heterocycles. The fraction of sp³-hybridized carbons (Fsp3) is 0.629. The van der Waals surface area contributed by atoms with Crippen LogP contribution in [0.4, 0.5) is 0 Å². The van der Waals surface area contributed by atoms with Crippen molar-refractivity contribution in [2.75, 3.05) is 26.2 Å². The van der Waals surface area contributed by atoms with Crippen LogP contribution in [-0.4, -0.2) is 86.6 Å². The second-order valence-electron chi connectivity index (χ2n) is 14.6. The number of nitrogens with zero attached hydrogens (tertiary/aromatic N) is 3. The van der Waals surface area contributed by atoms with Gasteiger partial charge in [-0.05, 0) is 50.5 Å². The van der Waals surface area contributed by atoms with E-state index in [9.17, 15) is 19.5 Å². The molecule has 0 aliphatic carbocycles. The molecule has 1 aromatic carbocycles. The molecule has 1 unspecified atom stereocenters. The molecule has 0 bridgehead atoms. The maximum Gasteiger partial charge on any atom is 0.249 e. The molecule has 4 heterocycles. The Hall–Kier alpha value is -2.97. The standard InChI is InChI=1S/C35H49N3O5/c1-7-34-17-13-19-36(23-25-15-9-8-10-16-25)29(40)26(34)27-30(41)37(20-11-12-22-39)28-31(42)38(21-14-18-35(27,28)43-34)33(5,6)24-32(2,3)4/h8-10,13-18,26-28,39H,7,11-12,19-24H2,1-6H3/t26-,27-,28?,34+,35-/m0/s1. The van der Waals surface area contributed by atoms with Gasteiger partial charge in [0.05, 0.1) is 17.4 Å². The zero-order valence-electron chi connectivity index (χ0n) is 26.7. The molecule has 234 valence electrons. The van der Waals surface area contributed by atoms with Crippen molar-refractivity contribution in [3.63, 3.8) is 0 Å². The van der Waals surface area contributed by atoms with E-state index in [0.29, 0.717) is 45.4 Å². The lowest BCUT2D eigenvalue weighted by Crippen LogP contribution is -2.60. The first-order chi connectivity index (χ1) is 20.3. The second kappa shape index (κ2) is 11.5. The van der Waals surface area contributed by atoms with Crippen molar-refractivity contribution in [1.29, 1.82) is 0 Å². The first-order valence-corrected chi connectivity index (χ1v) is 15.9. The third-order valence-electron chi connectivity index (χ3n) is 9.74. The number of hydrogen-bond donors (Lipinski definition) is 1. The molecular formula is C35H49N3O5. The lowest BCUT2D eigenvalue weighted by molar-refractivity contribution is -0.157. The number of hydrogen-bond acceptors (Lipinski definition) is 5. The minimum absolute atomic E-state index is 0.00958. The number of benzene rings is 1. The van der Waals surface area contributed by atoms with E-state index in [4.69, 9.17) is 4.74 Å². The van der Waals surface area contributed by atoms with Crippen LogP contribution in [0.2, 0.25) is 0 Å². The Morgan fingerprint density at radius 2 is 1.60 bits per heavy atom. The normalized spacial score (nSPS) is 30.8. The Morgan fingerprint density at radius 3 is 2.26 bits per heavy atom. The van der Waals surface area contributed by atoms with E-state index in [2.05, 4.69) is 34.6 Å². The van der Waals surface area contributed by atoms with Crippen LogP contribution >= 0.6 is 0 Å². The molecule has 1 aromatic rings. The third kappa shape index (κ3) is 5.46. The van der Waals surface area contributed by atoms with Gasteiger partial charge in [0, 0.05) is 38.3 Å². The fourth-order valence-corrected chi connectivity index (χ4v) is 8.33. The maximum absolute atomic E-state index is 14.8. The quantitative estimate of drug-likeness (QED) is 0.341. The number of carbonyl (C=O) groups excluding carboxylic acids is 3. The number of aliphatic hydroxyl groups is 1. The first kappa shape index (κ1) is 31.5. The summed E-state index contributed by atoms with van der Waals surface area (Å²) in [6, 6.07) is 8.99. The Labute approximate surface area is 256 Å². The molecule has 1 spiro atoms. The topological polar surface area (TPSA) is 90.4 Å². The molecule has 0 saturated carbocycles. The fourth-order valence-electron chi connectivity index (χ4n) is 8.33. The molecule has 2 fully saturated rings. The van der Waals surface area contributed by atoms with Crippen molar-refractivity contribution >= 4 is 17.7 Å². The molecule has 8 nitrogen and oxygen atoms in total. The van der Waals surface area contributed by atoms with Gasteiger partial charge in [-0.1, -0.05) is 82.3 Å². The van der Waals surface area contributed by atoms with Crippen LogP contribution < -0.4 is 0 Å². The van der Waals surface area contributed by atoms with E-state index < -0.39 is 34.6 Å². The van der Waals surface area contributed by atoms with Crippen molar-refractivity contribution < 1.29 is 24.2 Å². The zero-order chi connectivity index (χ0) is 31.2. The van der Waals surface area contributed by atoms with Crippen molar-refractivity contribution in [3.05, 3.63) is 60.2 Å². The number of likely N-dealkylation sites (tertiary alicyclic amines) is 1. The van der Waals surface area contributed by atoms with Crippen molar-refractivity contribution in [2.24, 2.45) is 17.3 Å². The minimum atomic E-state index is -1.27. The Balaban J connectivity index is 1.59. The smallest absolute Gasteiger partial charge is 0.249 e. The predicted molar refractivity (Wildman–Crippen MR) is 166 cm³/mol. The monoisotopic (exact) mass is 591 g/mol. The Kier molecular flexibility index (Phi) is 8.42. The Bertz CT molecular complexity index is 1280. The van der Waals surface area contributed by atoms with Gasteiger partial charge in [-0.25, -0.2) is 0 Å². The summed E-state index contributed by atoms with van der Waals surface area (Å²) >= 11 is 0. The van der Waals surface area contributed by atoms with Crippen LogP contribution in [0.25, 0.3) is 0 Å². The molecule has 3 amide bonds. The lowest BCUT2D eigenvalue weighted by atomic mass is 9.72. The molecule has 5 atom stereocenters. The van der Waals surface area contributed by atoms with Crippen LogP contribution in [-0.2, 0) is 25.7 Å². The maximum atomic E-state index is 14.8. The molecule has 5 rings (SSSR count). The first-order valence-electron chi connectivity index (χ1n) is 15.9. The van der Waals surface area contributed by atoms with Crippen LogP contribution in [0.3, 0.4) is 0 Å². The average molecular weight is 592 g/mol. The van der Waals surface area contributed by atoms with Crippen molar-refractivity contribution in [2.45, 2.75) is 96.6 Å². The molecule has 4 aliphatic heterocycles. The van der Waals surface area contributed by atoms with Gasteiger partial charge in [0.1, 0.15) is 11.6 Å². The molecule has 0 radical (unpaired) electrons. The van der Waals surface area contributed by atoms with Crippen molar-refractivity contribution in [1.82, 2.24) is 14.7 Å². The van der Waals surface area contributed by atoms with Gasteiger partial charge in [0.15, 0.2) is 0 Å². The highest BCUT2D eigenvalue weighted by Gasteiger charge is 2.75. The number of unbranched alkanes of at least 4 members (excludes halogenated alkanes) is 1. The summed E-state index contributed by atoms with van der Waals surface area (Å²) in [4.78, 5) is 49.3. The number of ether oxygens (including phenoxy) is 1. The summed E-state index contributed by atoms with van der Waals surface area (Å²) in [7, 11) is 0. The summed E-state index contributed by atoms with van der Waals surface area (Å²) in [5.74, 6) is -2.05. The van der Waals surface area contributed by atoms with Crippen LogP contribution in [0.1, 0.15) is 72.8 Å². The number of carbonyl (C=O) groups is 3. The van der Waals surface area contributed by atoms with Gasteiger partial charge in [-0.15, -0.1) is 0 Å². The van der Waals surface area contributed by atoms with Gasteiger partial charge >= 0.3 is 0 Å². The van der Waals surface area contributed by atoms with Crippen molar-refractivity contribution in [3.8, 4) is 0 Å². The van der Waals surface area contributed by atoms with Crippen LogP contribution in [0, 0.1) is 17.3 Å². The zero-order valence-corrected chi connectivity index (χ0v) is 26.7. The summed E-state index contributed by atoms with van der Waals surface area (Å²) in [5, 5.41) is 9.52. The lowest BCUT2D eigenvalue weighted by Gasteiger charge is -2.45. The second-order valence-corrected chi connectivity index (χ2v) is 14.6. The van der Waals surface area contributed by atoms with Crippen LogP contribution in [0.5, 0.6) is 0 Å². The number of amides is 3. The molecule has 1 N–H and O–H groups in total. The largest absolute Gasteiger partial charge is 0.396 e. The summed E-state index contributed by atoms with van der Waals surface area (Å²) < 4.78 is 7.11. The van der Waals surface area contributed by atoms with Gasteiger partial charge < -0.3 is 24.5 Å². The SMILES string of the molecule is CC[C@@]12C=CCN(Cc3ccccc3)C(=O)[C@@H]1[C@H]1C(=O)N(CCCCO)C3C(=O)N(C(C)(C)CC(C)(C)C)CC=C[C@@]31O2. The van der Waals surface area contributed by atoms with E-state index in [0.717, 1.165) is 12.0 Å². The van der Waals surface area contributed by atoms with Gasteiger partial charge in [0.2, 0.25) is 17.7 Å². The molecular weight excluding hydrogens is 542 g/mol. The van der Waals surface area contributed by atoms with Gasteiger partial charge in [-0.2, -0.15) is 0 Å². The minimum Gasteiger partial charge on any atom is -0.396 e. The molecule has 43 heavy (non-hydrogen) atoms. The summed E-state index contributed by atoms with van der Waals surface area (Å²) in [5.41, 5.74) is -1.74. The predicted octanol–water partition coefficient (Wildman–Crippen LogP) is 4.33. The molecule has 4 aliphatic rings. The van der Waals surface area contributed by atoms with Gasteiger partial charge in [-0.3, -0.25) is 14.4 Å². The molecule has 2 saturated heterocycles. The van der Waals surface area contributed by atoms with Crippen LogP contribution in [0.15, 0.2) is 54.6 Å². The highest BCUT2D eigenvalue weighted by Crippen LogP contribution is 2.59. The summed E-state index contributed by atoms with van der Waals surface area (Å²) in [6.07, 6.45) is 10.2. The molecule has 8 heteroatoms. The number of aliphatic hydroxyl groups excluding tert-OH is 1. The number of rotatable bonds is 9. The Morgan fingerprint density at radius 1 is 0.907 bits per heavy atom. The highest BCUT2D eigenvalue weighted by molar-refractivity contribution is 6.00. The average Bonchev–Trinajstić information content (AvgIpc) is 3.22. The third-order valence-corrected chi connectivity index (χ3v) is 9.74. The highest BCUT2D eigenvalue weighted by atomic mass is 16.5. The summed E-state index contributed by atoms with van der Waals surface area (Å²) in [6.45, 7) is 14.3. The van der Waals surface area contributed by atoms with Gasteiger partial charge in [0.25, 0.3) is 0 Å². The van der Waals surface area contributed by atoms with E-state index in [-0.39, 0.29) is 29.7 Å². The van der Waals surface area contributed by atoms with E-state index in [1.54, 1.807) is 4.90 Å². The van der Waals surface area contributed by atoms with E-state index in [1.807, 2.05) is 71.4 Å². The van der Waals surface area contributed by atoms with E-state index >= 15 is 0 Å².